The minimum Gasteiger partial charge on any atom is -0.474 e. The number of hydrogen-bond donors (Lipinski definition) is 3. The number of carbonyl (C=O) groups excluding carboxylic acids is 2. The van der Waals surface area contributed by atoms with Crippen molar-refractivity contribution in [2.75, 3.05) is 0 Å². The molecule has 0 radical (unpaired) electrons. The van der Waals surface area contributed by atoms with Gasteiger partial charge in [0.05, 0.1) is 5.02 Å². The minimum absolute atomic E-state index is 0.0108. The van der Waals surface area contributed by atoms with Crippen molar-refractivity contribution in [2.24, 2.45) is 11.0 Å². The fourth-order valence-electron chi connectivity index (χ4n) is 1.87. The molecule has 1 aliphatic rings. The Balaban J connectivity index is 2.41. The molecule has 0 heterocycles. The Labute approximate surface area is 141 Å². The standard InChI is InChI=1S/C14H11Cl2N3O4/c15-7-1-4-12(10(16)5-7)23-13(14(21)18-17)9-6-8(20)2-3-11(9)19-22/h1-6,13,22H,17H2,(H,18,21). The van der Waals surface area contributed by atoms with Gasteiger partial charge in [-0.25, -0.2) is 5.84 Å². The molecular formula is C14H11Cl2N3O4. The van der Waals surface area contributed by atoms with Crippen LogP contribution in [-0.4, -0.2) is 28.7 Å². The lowest BCUT2D eigenvalue weighted by Crippen LogP contribution is -2.45. The summed E-state index contributed by atoms with van der Waals surface area (Å²) in [6.45, 7) is 0. The summed E-state index contributed by atoms with van der Waals surface area (Å²) in [7, 11) is 0. The van der Waals surface area contributed by atoms with Crippen LogP contribution in [0, 0.1) is 0 Å². The number of ether oxygens (including phenoxy) is 1. The van der Waals surface area contributed by atoms with Crippen molar-refractivity contribution >= 4 is 40.6 Å². The number of carbonyl (C=O) groups is 2. The lowest BCUT2D eigenvalue weighted by atomic mass is 9.97. The van der Waals surface area contributed by atoms with Crippen molar-refractivity contribution in [2.45, 2.75) is 6.10 Å². The summed E-state index contributed by atoms with van der Waals surface area (Å²) >= 11 is 11.8. The molecule has 1 atom stereocenters. The number of allylic oxidation sites excluding steroid dienone is 3. The zero-order valence-corrected chi connectivity index (χ0v) is 13.0. The van der Waals surface area contributed by atoms with Crippen LogP contribution >= 0.6 is 23.2 Å². The molecule has 7 nitrogen and oxygen atoms in total. The molecule has 2 rings (SSSR count). The van der Waals surface area contributed by atoms with Gasteiger partial charge in [-0.05, 0) is 36.4 Å². The van der Waals surface area contributed by atoms with Gasteiger partial charge < -0.3 is 9.94 Å². The third kappa shape index (κ3) is 3.89. The highest BCUT2D eigenvalue weighted by Gasteiger charge is 2.30. The predicted octanol–water partition coefficient (Wildman–Crippen LogP) is 1.63. The molecule has 1 amide bonds. The van der Waals surface area contributed by atoms with E-state index in [1.807, 2.05) is 5.43 Å². The van der Waals surface area contributed by atoms with E-state index in [2.05, 4.69) is 5.16 Å². The minimum atomic E-state index is -1.35. The highest BCUT2D eigenvalue weighted by Crippen LogP contribution is 2.30. The molecule has 0 bridgehead atoms. The van der Waals surface area contributed by atoms with Crippen molar-refractivity contribution in [3.63, 3.8) is 0 Å². The number of nitrogens with one attached hydrogen (secondary N) is 1. The van der Waals surface area contributed by atoms with Gasteiger partial charge in [0.2, 0.25) is 6.10 Å². The van der Waals surface area contributed by atoms with E-state index >= 15 is 0 Å². The molecule has 9 heteroatoms. The second-order valence-electron chi connectivity index (χ2n) is 4.40. The number of hydrogen-bond acceptors (Lipinski definition) is 6. The van der Waals surface area contributed by atoms with Crippen molar-refractivity contribution in [1.82, 2.24) is 5.43 Å². The van der Waals surface area contributed by atoms with E-state index in [0.717, 1.165) is 6.08 Å². The van der Waals surface area contributed by atoms with Crippen LogP contribution in [0.1, 0.15) is 0 Å². The van der Waals surface area contributed by atoms with Crippen LogP contribution in [0.2, 0.25) is 10.0 Å². The number of nitrogens with two attached hydrogens (primary N) is 1. The molecule has 1 aromatic rings. The molecule has 0 aromatic heterocycles. The Hall–Kier alpha value is -2.35. The SMILES string of the molecule is NNC(=O)C(Oc1ccc(Cl)cc1Cl)C1=CC(=O)C=CC1=NO. The smallest absolute Gasteiger partial charge is 0.279 e. The zero-order valence-electron chi connectivity index (χ0n) is 11.5. The normalized spacial score (nSPS) is 16.9. The van der Waals surface area contributed by atoms with Crippen LogP contribution in [0.3, 0.4) is 0 Å². The first-order chi connectivity index (χ1) is 11.0. The van der Waals surface area contributed by atoms with Crippen LogP contribution in [-0.2, 0) is 9.59 Å². The summed E-state index contributed by atoms with van der Waals surface area (Å²) in [5, 5.41) is 12.6. The second-order valence-corrected chi connectivity index (χ2v) is 5.25. The summed E-state index contributed by atoms with van der Waals surface area (Å²) in [5.74, 6) is 4.14. The molecule has 0 fully saturated rings. The summed E-state index contributed by atoms with van der Waals surface area (Å²) in [6.07, 6.45) is 2.20. The highest BCUT2D eigenvalue weighted by molar-refractivity contribution is 6.35. The van der Waals surface area contributed by atoms with Crippen molar-refractivity contribution in [3.8, 4) is 5.75 Å². The van der Waals surface area contributed by atoms with Crippen molar-refractivity contribution < 1.29 is 19.5 Å². The quantitative estimate of drug-likeness (QED) is 0.249. The Morgan fingerprint density at radius 2 is 2.09 bits per heavy atom. The van der Waals surface area contributed by atoms with Gasteiger partial charge in [-0.2, -0.15) is 0 Å². The van der Waals surface area contributed by atoms with Crippen molar-refractivity contribution in [1.29, 1.82) is 0 Å². The third-order valence-electron chi connectivity index (χ3n) is 2.91. The van der Waals surface area contributed by atoms with Crippen molar-refractivity contribution in [3.05, 3.63) is 52.0 Å². The van der Waals surface area contributed by atoms with Gasteiger partial charge in [-0.3, -0.25) is 15.0 Å². The Morgan fingerprint density at radius 3 is 2.70 bits per heavy atom. The summed E-state index contributed by atoms with van der Waals surface area (Å²) < 4.78 is 5.54. The Bertz CT molecular complexity index is 744. The molecule has 0 spiro atoms. The topological polar surface area (TPSA) is 114 Å². The number of nitrogens with zero attached hydrogens (tertiary/aromatic N) is 1. The van der Waals surface area contributed by atoms with E-state index in [9.17, 15) is 9.59 Å². The van der Waals surface area contributed by atoms with Crippen LogP contribution in [0.5, 0.6) is 5.75 Å². The second kappa shape index (κ2) is 7.28. The van der Waals surface area contributed by atoms with Gasteiger partial charge in [-0.15, -0.1) is 0 Å². The monoisotopic (exact) mass is 355 g/mol. The maximum Gasteiger partial charge on any atom is 0.279 e. The third-order valence-corrected chi connectivity index (χ3v) is 3.44. The number of rotatable bonds is 4. The highest BCUT2D eigenvalue weighted by atomic mass is 35.5. The average molecular weight is 356 g/mol. The molecule has 0 saturated carbocycles. The first-order valence-corrected chi connectivity index (χ1v) is 7.00. The Kier molecular flexibility index (Phi) is 5.38. The Morgan fingerprint density at radius 1 is 1.35 bits per heavy atom. The molecule has 23 heavy (non-hydrogen) atoms. The van der Waals surface area contributed by atoms with E-state index in [1.165, 1.54) is 30.4 Å². The van der Waals surface area contributed by atoms with E-state index in [4.69, 9.17) is 39.0 Å². The summed E-state index contributed by atoms with van der Waals surface area (Å²) in [4.78, 5) is 23.6. The molecular weight excluding hydrogens is 345 g/mol. The lowest BCUT2D eigenvalue weighted by molar-refractivity contribution is -0.126. The fraction of sp³-hybridized carbons (Fsp3) is 0.0714. The number of hydrazine groups is 1. The van der Waals surface area contributed by atoms with E-state index in [1.54, 1.807) is 0 Å². The number of halogens is 2. The molecule has 120 valence electrons. The lowest BCUT2D eigenvalue weighted by Gasteiger charge is -2.21. The molecule has 0 aliphatic heterocycles. The molecule has 1 aliphatic carbocycles. The van der Waals surface area contributed by atoms with Crippen LogP contribution in [0.4, 0.5) is 0 Å². The molecule has 0 saturated heterocycles. The van der Waals surface area contributed by atoms with Gasteiger partial charge in [0, 0.05) is 10.6 Å². The summed E-state index contributed by atoms with van der Waals surface area (Å²) in [6, 6.07) is 4.40. The van der Waals surface area contributed by atoms with Crippen LogP contribution in [0.25, 0.3) is 0 Å². The first-order valence-electron chi connectivity index (χ1n) is 6.24. The predicted molar refractivity (Wildman–Crippen MR) is 84.7 cm³/mol. The van der Waals surface area contributed by atoms with E-state index in [0.29, 0.717) is 5.02 Å². The first kappa shape index (κ1) is 17.0. The van der Waals surface area contributed by atoms with Crippen LogP contribution < -0.4 is 16.0 Å². The van der Waals surface area contributed by atoms with Crippen LogP contribution in [0.15, 0.2) is 47.2 Å². The van der Waals surface area contributed by atoms with Gasteiger partial charge in [0.15, 0.2) is 5.78 Å². The largest absolute Gasteiger partial charge is 0.474 e. The number of benzene rings is 1. The molecule has 4 N–H and O–H groups in total. The van der Waals surface area contributed by atoms with Gasteiger partial charge in [-0.1, -0.05) is 28.4 Å². The zero-order chi connectivity index (χ0) is 17.0. The number of oxime groups is 1. The molecule has 1 aromatic carbocycles. The summed E-state index contributed by atoms with van der Waals surface area (Å²) in [5.41, 5.74) is 1.95. The maximum absolute atomic E-state index is 12.0. The average Bonchev–Trinajstić information content (AvgIpc) is 2.53. The van der Waals surface area contributed by atoms with Gasteiger partial charge in [0.25, 0.3) is 5.91 Å². The number of amides is 1. The van der Waals surface area contributed by atoms with Gasteiger partial charge >= 0.3 is 0 Å². The van der Waals surface area contributed by atoms with E-state index in [-0.39, 0.29) is 22.1 Å². The van der Waals surface area contributed by atoms with Gasteiger partial charge in [0.1, 0.15) is 11.5 Å². The molecule has 1 unspecified atom stereocenters. The number of ketones is 1. The fourth-order valence-corrected chi connectivity index (χ4v) is 2.32. The maximum atomic E-state index is 12.0. The van der Waals surface area contributed by atoms with E-state index < -0.39 is 17.8 Å².